The van der Waals surface area contributed by atoms with Gasteiger partial charge in [-0.15, -0.1) is 22.9 Å². The van der Waals surface area contributed by atoms with E-state index < -0.39 is 0 Å². The van der Waals surface area contributed by atoms with Gasteiger partial charge in [0.2, 0.25) is 0 Å². The van der Waals surface area contributed by atoms with Gasteiger partial charge < -0.3 is 4.90 Å². The first-order valence-corrected chi connectivity index (χ1v) is 8.03. The molecule has 1 atom stereocenters. The minimum absolute atomic E-state index is 0.503. The van der Waals surface area contributed by atoms with Gasteiger partial charge in [0.25, 0.3) is 0 Å². The van der Waals surface area contributed by atoms with Crippen LogP contribution in [-0.2, 0) is 18.8 Å². The van der Waals surface area contributed by atoms with Crippen molar-refractivity contribution in [3.8, 4) is 0 Å². The monoisotopic (exact) mass is 292 g/mol. The fourth-order valence-corrected chi connectivity index (χ4v) is 3.65. The Morgan fingerprint density at radius 1 is 1.42 bits per heavy atom. The normalized spacial score (nSPS) is 18.4. The van der Waals surface area contributed by atoms with Gasteiger partial charge in [0.05, 0.1) is 18.1 Å². The maximum atomic E-state index is 5.82. The van der Waals surface area contributed by atoms with E-state index in [9.17, 15) is 0 Å². The van der Waals surface area contributed by atoms with Crippen LogP contribution in [0.15, 0.2) is 29.6 Å². The molecule has 2 heterocycles. The highest BCUT2D eigenvalue weighted by Crippen LogP contribution is 2.32. The van der Waals surface area contributed by atoms with E-state index in [-0.39, 0.29) is 0 Å². The van der Waals surface area contributed by atoms with Crippen molar-refractivity contribution in [3.63, 3.8) is 0 Å². The maximum absolute atomic E-state index is 5.82. The van der Waals surface area contributed by atoms with Crippen molar-refractivity contribution in [3.05, 3.63) is 45.9 Å². The molecule has 1 aliphatic heterocycles. The molecule has 1 aromatic carbocycles. The summed E-state index contributed by atoms with van der Waals surface area (Å²) in [6.45, 7) is 3.19. The van der Waals surface area contributed by atoms with Gasteiger partial charge in [0.1, 0.15) is 5.01 Å². The molecule has 2 nitrogen and oxygen atoms in total. The van der Waals surface area contributed by atoms with Gasteiger partial charge in [-0.1, -0.05) is 18.2 Å². The van der Waals surface area contributed by atoms with Crippen LogP contribution in [0.5, 0.6) is 0 Å². The number of hydrogen-bond acceptors (Lipinski definition) is 3. The number of nitrogens with zero attached hydrogens (tertiary/aromatic N) is 2. The van der Waals surface area contributed by atoms with Gasteiger partial charge in [-0.25, -0.2) is 4.98 Å². The third-order valence-corrected chi connectivity index (χ3v) is 4.86. The van der Waals surface area contributed by atoms with E-state index in [0.717, 1.165) is 17.2 Å². The number of aromatic nitrogens is 1. The second-order valence-electron chi connectivity index (χ2n) is 5.01. The zero-order chi connectivity index (χ0) is 13.2. The average molecular weight is 293 g/mol. The standard InChI is InChI=1S/C15H17ClN2S/c1-11-6-7-12-4-2-3-5-14(12)18(11)9-15-17-13(8-16)10-19-15/h2-5,10-11H,6-9H2,1H3. The van der Waals surface area contributed by atoms with E-state index >= 15 is 0 Å². The van der Waals surface area contributed by atoms with Crippen molar-refractivity contribution in [2.45, 2.75) is 38.2 Å². The third kappa shape index (κ3) is 2.63. The summed E-state index contributed by atoms with van der Waals surface area (Å²) >= 11 is 7.53. The highest BCUT2D eigenvalue weighted by Gasteiger charge is 2.23. The van der Waals surface area contributed by atoms with Crippen molar-refractivity contribution < 1.29 is 0 Å². The van der Waals surface area contributed by atoms with Crippen molar-refractivity contribution in [1.29, 1.82) is 0 Å². The summed E-state index contributed by atoms with van der Waals surface area (Å²) < 4.78 is 0. The van der Waals surface area contributed by atoms with Crippen LogP contribution >= 0.6 is 22.9 Å². The molecule has 2 aromatic rings. The number of hydrogen-bond donors (Lipinski definition) is 0. The van der Waals surface area contributed by atoms with Crippen LogP contribution in [0.3, 0.4) is 0 Å². The first-order valence-electron chi connectivity index (χ1n) is 6.61. The summed E-state index contributed by atoms with van der Waals surface area (Å²) in [6.07, 6.45) is 2.39. The molecular weight excluding hydrogens is 276 g/mol. The van der Waals surface area contributed by atoms with E-state index in [1.165, 1.54) is 24.1 Å². The Bertz CT molecular complexity index is 567. The van der Waals surface area contributed by atoms with Gasteiger partial charge >= 0.3 is 0 Å². The molecule has 3 rings (SSSR count). The molecular formula is C15H17ClN2S. The Hall–Kier alpha value is -1.06. The molecule has 0 aliphatic carbocycles. The van der Waals surface area contributed by atoms with E-state index in [1.807, 2.05) is 0 Å². The predicted octanol–water partition coefficient (Wildman–Crippen LogP) is 4.22. The molecule has 1 unspecified atom stereocenters. The molecule has 0 saturated heterocycles. The summed E-state index contributed by atoms with van der Waals surface area (Å²) in [6, 6.07) is 9.28. The lowest BCUT2D eigenvalue weighted by Gasteiger charge is -2.36. The number of rotatable bonds is 3. The van der Waals surface area contributed by atoms with Crippen molar-refractivity contribution in [2.75, 3.05) is 4.90 Å². The Morgan fingerprint density at radius 2 is 2.26 bits per heavy atom. The highest BCUT2D eigenvalue weighted by atomic mass is 35.5. The third-order valence-electron chi connectivity index (χ3n) is 3.71. The lowest BCUT2D eigenvalue weighted by atomic mass is 9.97. The number of benzene rings is 1. The highest BCUT2D eigenvalue weighted by molar-refractivity contribution is 7.09. The molecule has 0 N–H and O–H groups in total. The minimum atomic E-state index is 0.503. The van der Waals surface area contributed by atoms with Gasteiger partial charge in [0, 0.05) is 17.1 Å². The Balaban J connectivity index is 1.87. The van der Waals surface area contributed by atoms with Crippen LogP contribution < -0.4 is 4.90 Å². The molecule has 1 aromatic heterocycles. The number of fused-ring (bicyclic) bond motifs is 1. The largest absolute Gasteiger partial charge is 0.362 e. The topological polar surface area (TPSA) is 16.1 Å². The quantitative estimate of drug-likeness (QED) is 0.787. The molecule has 0 fully saturated rings. The number of alkyl halides is 1. The second kappa shape index (κ2) is 5.51. The van der Waals surface area contributed by atoms with Crippen LogP contribution in [0.25, 0.3) is 0 Å². The second-order valence-corrected chi connectivity index (χ2v) is 6.22. The van der Waals surface area contributed by atoms with Crippen molar-refractivity contribution in [2.24, 2.45) is 0 Å². The molecule has 4 heteroatoms. The van der Waals surface area contributed by atoms with Crippen LogP contribution in [0.4, 0.5) is 5.69 Å². The molecule has 0 radical (unpaired) electrons. The van der Waals surface area contributed by atoms with Gasteiger partial charge in [-0.05, 0) is 31.4 Å². The number of halogens is 1. The molecule has 19 heavy (non-hydrogen) atoms. The lowest BCUT2D eigenvalue weighted by molar-refractivity contribution is 0.559. The molecule has 0 saturated carbocycles. The Morgan fingerprint density at radius 3 is 3.05 bits per heavy atom. The van der Waals surface area contributed by atoms with Crippen LogP contribution in [0.1, 0.15) is 29.6 Å². The van der Waals surface area contributed by atoms with Crippen LogP contribution in [0, 0.1) is 0 Å². The van der Waals surface area contributed by atoms with Gasteiger partial charge in [0.15, 0.2) is 0 Å². The summed E-state index contributed by atoms with van der Waals surface area (Å²) in [5.74, 6) is 0.503. The fourth-order valence-electron chi connectivity index (χ4n) is 2.63. The lowest BCUT2D eigenvalue weighted by Crippen LogP contribution is -2.36. The SMILES string of the molecule is CC1CCc2ccccc2N1Cc1nc(CCl)cs1. The van der Waals surface area contributed by atoms with Gasteiger partial charge in [-0.3, -0.25) is 0 Å². The predicted molar refractivity (Wildman–Crippen MR) is 82.1 cm³/mol. The fraction of sp³-hybridized carbons (Fsp3) is 0.400. The van der Waals surface area contributed by atoms with Crippen LogP contribution in [-0.4, -0.2) is 11.0 Å². The van der Waals surface area contributed by atoms with Crippen LogP contribution in [0.2, 0.25) is 0 Å². The first kappa shape index (κ1) is 12.9. The van der Waals surface area contributed by atoms with E-state index in [2.05, 4.69) is 46.5 Å². The average Bonchev–Trinajstić information content (AvgIpc) is 2.90. The maximum Gasteiger partial charge on any atom is 0.112 e. The van der Waals surface area contributed by atoms with Crippen molar-refractivity contribution >= 4 is 28.6 Å². The summed E-state index contributed by atoms with van der Waals surface area (Å²) in [5.41, 5.74) is 3.80. The molecule has 0 amide bonds. The number of aryl methyl sites for hydroxylation is 1. The number of anilines is 1. The van der Waals surface area contributed by atoms with Crippen molar-refractivity contribution in [1.82, 2.24) is 4.98 Å². The Labute approximate surface area is 123 Å². The summed E-state index contributed by atoms with van der Waals surface area (Å²) in [4.78, 5) is 7.04. The van der Waals surface area contributed by atoms with E-state index in [1.54, 1.807) is 11.3 Å². The molecule has 0 spiro atoms. The molecule has 0 bridgehead atoms. The summed E-state index contributed by atoms with van der Waals surface area (Å²) in [5, 5.41) is 3.21. The smallest absolute Gasteiger partial charge is 0.112 e. The van der Waals surface area contributed by atoms with E-state index in [4.69, 9.17) is 11.6 Å². The zero-order valence-corrected chi connectivity index (χ0v) is 12.5. The minimum Gasteiger partial charge on any atom is -0.362 e. The number of para-hydroxylation sites is 1. The van der Waals surface area contributed by atoms with Gasteiger partial charge in [-0.2, -0.15) is 0 Å². The Kier molecular flexibility index (Phi) is 3.76. The van der Waals surface area contributed by atoms with E-state index in [0.29, 0.717) is 11.9 Å². The first-order chi connectivity index (χ1) is 9.28. The molecule has 100 valence electrons. The zero-order valence-electron chi connectivity index (χ0n) is 11.0. The molecule has 1 aliphatic rings. The number of thiazole rings is 1. The summed E-state index contributed by atoms with van der Waals surface area (Å²) in [7, 11) is 0.